The van der Waals surface area contributed by atoms with Gasteiger partial charge in [0.15, 0.2) is 0 Å². The van der Waals surface area contributed by atoms with E-state index < -0.39 is 33.9 Å². The van der Waals surface area contributed by atoms with Crippen molar-refractivity contribution in [3.8, 4) is 0 Å². The summed E-state index contributed by atoms with van der Waals surface area (Å²) in [6.45, 7) is 0.615. The molecule has 0 aliphatic carbocycles. The molecule has 0 unspecified atom stereocenters. The van der Waals surface area contributed by atoms with Crippen LogP contribution in [0.25, 0.3) is 0 Å². The van der Waals surface area contributed by atoms with Gasteiger partial charge >= 0.3 is 27.5 Å². The van der Waals surface area contributed by atoms with Crippen molar-refractivity contribution in [2.45, 2.75) is 24.5 Å². The van der Waals surface area contributed by atoms with Crippen LogP contribution in [-0.2, 0) is 14.3 Å². The van der Waals surface area contributed by atoms with Gasteiger partial charge in [0.1, 0.15) is 0 Å². The molecule has 0 aromatic carbocycles. The van der Waals surface area contributed by atoms with Gasteiger partial charge in [0.25, 0.3) is 0 Å². The van der Waals surface area contributed by atoms with E-state index in [1.165, 1.54) is 0 Å². The number of carboxylic acid groups (broad SMARTS) is 1. The van der Waals surface area contributed by atoms with Crippen LogP contribution in [0.3, 0.4) is 0 Å². The molecule has 0 aromatic rings. The zero-order chi connectivity index (χ0) is 12.5. The third-order valence-corrected chi connectivity index (χ3v) is 2.65. The molecule has 0 bridgehead atoms. The Bertz CT molecular complexity index is 348. The molecular formula is C5H6F4O5S. The smallest absolute Gasteiger partial charge is 0.449 e. The van der Waals surface area contributed by atoms with Gasteiger partial charge in [-0.25, -0.2) is 4.79 Å². The summed E-state index contributed by atoms with van der Waals surface area (Å²) in [5.74, 6) is -4.90. The second kappa shape index (κ2) is 3.83. The molecule has 0 aliphatic rings. The average Bonchev–Trinajstić information content (AvgIpc) is 2.01. The zero-order valence-electron chi connectivity index (χ0n) is 7.21. The van der Waals surface area contributed by atoms with E-state index in [-0.39, 0.29) is 0 Å². The number of carbonyl (C=O) groups is 1. The lowest BCUT2D eigenvalue weighted by Gasteiger charge is -2.23. The van der Waals surface area contributed by atoms with Crippen LogP contribution in [0.2, 0.25) is 0 Å². The summed E-state index contributed by atoms with van der Waals surface area (Å²) < 4.78 is 73.8. The molecule has 0 amide bonds. The Morgan fingerprint density at radius 2 is 1.73 bits per heavy atom. The minimum atomic E-state index is -6.21. The molecule has 0 rings (SSSR count). The highest BCUT2D eigenvalue weighted by Crippen LogP contribution is 2.41. The van der Waals surface area contributed by atoms with Gasteiger partial charge in [-0.15, -0.1) is 0 Å². The lowest BCUT2D eigenvalue weighted by atomic mass is 10.3. The first-order valence-corrected chi connectivity index (χ1v) is 4.81. The molecule has 0 aromatic heterocycles. The zero-order valence-corrected chi connectivity index (χ0v) is 8.02. The van der Waals surface area contributed by atoms with Gasteiger partial charge < -0.3 is 9.29 Å². The minimum absolute atomic E-state index is 0.615. The normalized spacial score (nSPS) is 13.7. The minimum Gasteiger partial charge on any atom is -0.449 e. The Morgan fingerprint density at radius 1 is 1.33 bits per heavy atom. The van der Waals surface area contributed by atoms with Gasteiger partial charge in [-0.1, -0.05) is 6.92 Å². The van der Waals surface area contributed by atoms with E-state index in [2.05, 4.69) is 4.18 Å². The van der Waals surface area contributed by atoms with Crippen molar-refractivity contribution in [3.05, 3.63) is 0 Å². The Labute approximate surface area is 81.8 Å². The Hall–Kier alpha value is -1.06. The number of hydrogen-bond acceptors (Lipinski definition) is 4. The van der Waals surface area contributed by atoms with E-state index in [9.17, 15) is 30.8 Å². The molecule has 0 radical (unpaired) electrons. The number of halogens is 4. The van der Waals surface area contributed by atoms with E-state index in [1.54, 1.807) is 0 Å². The van der Waals surface area contributed by atoms with Gasteiger partial charge in [0.05, 0.1) is 0 Å². The number of alkyl halides is 4. The van der Waals surface area contributed by atoms with Crippen LogP contribution in [0.1, 0.15) is 13.3 Å². The van der Waals surface area contributed by atoms with E-state index in [1.807, 2.05) is 0 Å². The molecule has 0 saturated carbocycles. The molecule has 0 fully saturated rings. The molecule has 0 aliphatic heterocycles. The van der Waals surface area contributed by atoms with E-state index in [4.69, 9.17) is 5.11 Å². The van der Waals surface area contributed by atoms with E-state index >= 15 is 0 Å². The molecular weight excluding hydrogens is 248 g/mol. The summed E-state index contributed by atoms with van der Waals surface area (Å²) in [5, 5.41) is 2.18. The van der Waals surface area contributed by atoms with Gasteiger partial charge in [0.2, 0.25) is 0 Å². The molecule has 5 nitrogen and oxygen atoms in total. The van der Waals surface area contributed by atoms with Gasteiger partial charge in [-0.3, -0.25) is 0 Å². The molecule has 0 atom stereocenters. The van der Waals surface area contributed by atoms with Crippen LogP contribution in [0.4, 0.5) is 22.4 Å². The van der Waals surface area contributed by atoms with Crippen LogP contribution in [0.15, 0.2) is 0 Å². The van der Waals surface area contributed by atoms with Gasteiger partial charge in [0, 0.05) is 6.42 Å². The SMILES string of the molecule is CCC(F)(F)C(F)(F)S(=O)(=O)OC(=O)O. The molecule has 10 heteroatoms. The van der Waals surface area contributed by atoms with Crippen LogP contribution in [0.5, 0.6) is 0 Å². The summed E-state index contributed by atoms with van der Waals surface area (Å²) in [6.07, 6.45) is -4.09. The Balaban J connectivity index is 5.29. The van der Waals surface area contributed by atoms with Crippen molar-refractivity contribution in [3.63, 3.8) is 0 Å². The molecule has 0 heterocycles. The molecule has 15 heavy (non-hydrogen) atoms. The predicted molar refractivity (Wildman–Crippen MR) is 38.2 cm³/mol. The lowest BCUT2D eigenvalue weighted by molar-refractivity contribution is -0.161. The third-order valence-electron chi connectivity index (χ3n) is 1.36. The first-order valence-electron chi connectivity index (χ1n) is 3.40. The average molecular weight is 254 g/mol. The molecule has 0 spiro atoms. The first-order chi connectivity index (χ1) is 6.48. The second-order valence-corrected chi connectivity index (χ2v) is 3.97. The number of hydrogen-bond donors (Lipinski definition) is 1. The predicted octanol–water partition coefficient (Wildman–Crippen LogP) is 1.65. The maximum atomic E-state index is 12.6. The fourth-order valence-electron chi connectivity index (χ4n) is 0.535. The summed E-state index contributed by atoms with van der Waals surface area (Å²) in [6, 6.07) is 0. The van der Waals surface area contributed by atoms with Gasteiger partial charge in [-0.2, -0.15) is 26.0 Å². The van der Waals surface area contributed by atoms with E-state index in [0.29, 0.717) is 6.92 Å². The second-order valence-electron chi connectivity index (χ2n) is 2.38. The van der Waals surface area contributed by atoms with Crippen LogP contribution in [-0.4, -0.2) is 30.9 Å². The van der Waals surface area contributed by atoms with Crippen molar-refractivity contribution in [1.29, 1.82) is 0 Å². The van der Waals surface area contributed by atoms with Crippen molar-refractivity contribution >= 4 is 16.3 Å². The van der Waals surface area contributed by atoms with Crippen molar-refractivity contribution < 1.29 is 40.1 Å². The van der Waals surface area contributed by atoms with Crippen molar-refractivity contribution in [2.24, 2.45) is 0 Å². The standard InChI is InChI=1S/C5H6F4O5S/c1-2-4(6,7)5(8,9)15(12,13)14-3(10)11/h2H2,1H3,(H,10,11). The lowest BCUT2D eigenvalue weighted by Crippen LogP contribution is -2.47. The van der Waals surface area contributed by atoms with Gasteiger partial charge in [-0.05, 0) is 0 Å². The maximum Gasteiger partial charge on any atom is 0.521 e. The molecule has 90 valence electrons. The molecule has 0 saturated heterocycles. The van der Waals surface area contributed by atoms with Crippen LogP contribution >= 0.6 is 0 Å². The molecule has 1 N–H and O–H groups in total. The summed E-state index contributed by atoms with van der Waals surface area (Å²) >= 11 is 0. The Morgan fingerprint density at radius 3 is 2.00 bits per heavy atom. The Kier molecular flexibility index (Phi) is 3.56. The van der Waals surface area contributed by atoms with Crippen molar-refractivity contribution in [2.75, 3.05) is 0 Å². The highest BCUT2D eigenvalue weighted by Gasteiger charge is 2.66. The first kappa shape index (κ1) is 13.9. The quantitative estimate of drug-likeness (QED) is 0.609. The summed E-state index contributed by atoms with van der Waals surface area (Å²) in [7, 11) is -6.21. The summed E-state index contributed by atoms with van der Waals surface area (Å²) in [4.78, 5) is 9.70. The highest BCUT2D eigenvalue weighted by atomic mass is 32.2. The monoisotopic (exact) mass is 254 g/mol. The van der Waals surface area contributed by atoms with Crippen LogP contribution in [0, 0.1) is 0 Å². The highest BCUT2D eigenvalue weighted by molar-refractivity contribution is 7.88. The van der Waals surface area contributed by atoms with E-state index in [0.717, 1.165) is 0 Å². The van der Waals surface area contributed by atoms with Crippen LogP contribution < -0.4 is 0 Å². The number of rotatable bonds is 4. The summed E-state index contributed by atoms with van der Waals surface area (Å²) in [5.41, 5.74) is 0. The maximum absolute atomic E-state index is 12.6. The van der Waals surface area contributed by atoms with Crippen molar-refractivity contribution in [1.82, 2.24) is 0 Å². The largest absolute Gasteiger partial charge is 0.521 e. The fraction of sp³-hybridized carbons (Fsp3) is 0.800. The fourth-order valence-corrected chi connectivity index (χ4v) is 1.34. The topological polar surface area (TPSA) is 80.7 Å². The third kappa shape index (κ3) is 2.49.